The molecule has 2 heterocycles. The van der Waals surface area contributed by atoms with E-state index in [9.17, 15) is 18.0 Å². The minimum atomic E-state index is -3.78. The number of primary sulfonamides is 1. The van der Waals surface area contributed by atoms with E-state index in [-0.39, 0.29) is 22.1 Å². The first-order valence-corrected chi connectivity index (χ1v) is 12.2. The van der Waals surface area contributed by atoms with Gasteiger partial charge >= 0.3 is 0 Å². The molecule has 1 aromatic carbocycles. The molecule has 0 aliphatic rings. The molecule has 0 unspecified atom stereocenters. The lowest BCUT2D eigenvalue weighted by Crippen LogP contribution is -2.23. The third-order valence-electron chi connectivity index (χ3n) is 4.13. The fourth-order valence-corrected chi connectivity index (χ4v) is 5.05. The Kier molecular flexibility index (Phi) is 6.42. The molecule has 3 rings (SSSR count). The van der Waals surface area contributed by atoms with Crippen molar-refractivity contribution in [1.82, 2.24) is 9.55 Å². The second kappa shape index (κ2) is 8.66. The number of sulfonamides is 1. The van der Waals surface area contributed by atoms with Gasteiger partial charge < -0.3 is 5.32 Å². The van der Waals surface area contributed by atoms with Gasteiger partial charge in [0, 0.05) is 17.1 Å². The summed E-state index contributed by atoms with van der Waals surface area (Å²) in [7, 11) is -3.78. The smallest absolute Gasteiger partial charge is 0.262 e. The van der Waals surface area contributed by atoms with Crippen molar-refractivity contribution in [3.8, 4) is 0 Å². The predicted octanol–water partition coefficient (Wildman–Crippen LogP) is 2.42. The fourth-order valence-electron chi connectivity index (χ4n) is 2.67. The summed E-state index contributed by atoms with van der Waals surface area (Å²) in [6.07, 6.45) is 0.835. The quantitative estimate of drug-likeness (QED) is 0.419. The maximum atomic E-state index is 12.7. The second-order valence-electron chi connectivity index (χ2n) is 6.14. The standard InChI is InChI=1S/C18H20N4O4S3/c1-3-12-9-14-16(28-12)21-18(22(4-2)17(14)24)27-10-15(23)20-11-5-7-13(8-6-11)29(19,25)26/h5-9H,3-4,10H2,1-2H3,(H,20,23)(H2,19,25,26). The van der Waals surface area contributed by atoms with Crippen molar-refractivity contribution < 1.29 is 13.2 Å². The van der Waals surface area contributed by atoms with Crippen LogP contribution in [-0.2, 0) is 27.8 Å². The number of carbonyl (C=O) groups excluding carboxylic acids is 1. The highest BCUT2D eigenvalue weighted by molar-refractivity contribution is 7.99. The van der Waals surface area contributed by atoms with Gasteiger partial charge in [0.25, 0.3) is 5.56 Å². The zero-order valence-electron chi connectivity index (χ0n) is 15.8. The first-order valence-electron chi connectivity index (χ1n) is 8.81. The molecule has 3 N–H and O–H groups in total. The van der Waals surface area contributed by atoms with Crippen molar-refractivity contribution in [3.63, 3.8) is 0 Å². The number of hydrogen-bond acceptors (Lipinski definition) is 7. The lowest BCUT2D eigenvalue weighted by atomic mass is 10.3. The van der Waals surface area contributed by atoms with Gasteiger partial charge in [-0.05, 0) is 43.7 Å². The van der Waals surface area contributed by atoms with Crippen LogP contribution >= 0.6 is 23.1 Å². The Morgan fingerprint density at radius 1 is 1.28 bits per heavy atom. The second-order valence-corrected chi connectivity index (χ2v) is 9.75. The minimum absolute atomic E-state index is 0.0308. The van der Waals surface area contributed by atoms with Crippen LogP contribution in [0.4, 0.5) is 5.69 Å². The number of amides is 1. The Morgan fingerprint density at radius 2 is 1.97 bits per heavy atom. The molecule has 0 saturated heterocycles. The molecule has 0 aliphatic heterocycles. The van der Waals surface area contributed by atoms with Crippen molar-refractivity contribution in [1.29, 1.82) is 0 Å². The monoisotopic (exact) mass is 452 g/mol. The fraction of sp³-hybridized carbons (Fsp3) is 0.278. The van der Waals surface area contributed by atoms with E-state index in [2.05, 4.69) is 10.3 Å². The maximum absolute atomic E-state index is 12.7. The van der Waals surface area contributed by atoms with Crippen LogP contribution in [0.1, 0.15) is 18.7 Å². The number of carbonyl (C=O) groups is 1. The Labute approximate surface area is 176 Å². The van der Waals surface area contributed by atoms with E-state index in [1.165, 1.54) is 47.4 Å². The van der Waals surface area contributed by atoms with Crippen molar-refractivity contribution >= 4 is 54.9 Å². The van der Waals surface area contributed by atoms with Gasteiger partial charge in [0.1, 0.15) is 4.83 Å². The van der Waals surface area contributed by atoms with Crippen molar-refractivity contribution in [2.75, 3.05) is 11.1 Å². The first kappa shape index (κ1) is 21.5. The number of hydrogen-bond donors (Lipinski definition) is 2. The summed E-state index contributed by atoms with van der Waals surface area (Å²) in [6.45, 7) is 4.34. The van der Waals surface area contributed by atoms with E-state index in [0.29, 0.717) is 27.6 Å². The van der Waals surface area contributed by atoms with Crippen LogP contribution in [0.15, 0.2) is 45.2 Å². The number of rotatable bonds is 7. The number of nitrogens with two attached hydrogens (primary N) is 1. The van der Waals surface area contributed by atoms with E-state index in [1.807, 2.05) is 19.9 Å². The van der Waals surface area contributed by atoms with E-state index >= 15 is 0 Å². The van der Waals surface area contributed by atoms with E-state index in [0.717, 1.165) is 11.3 Å². The molecule has 0 bridgehead atoms. The zero-order valence-corrected chi connectivity index (χ0v) is 18.3. The maximum Gasteiger partial charge on any atom is 0.262 e. The van der Waals surface area contributed by atoms with Crippen LogP contribution in [0, 0.1) is 0 Å². The highest BCUT2D eigenvalue weighted by atomic mass is 32.2. The summed E-state index contributed by atoms with van der Waals surface area (Å²) in [6, 6.07) is 7.46. The van der Waals surface area contributed by atoms with Gasteiger partial charge in [-0.3, -0.25) is 14.2 Å². The summed E-state index contributed by atoms with van der Waals surface area (Å²) in [4.78, 5) is 31.3. The summed E-state index contributed by atoms with van der Waals surface area (Å²) in [5.41, 5.74) is 0.347. The molecule has 3 aromatic rings. The molecule has 0 radical (unpaired) electrons. The molecular formula is C18H20N4O4S3. The van der Waals surface area contributed by atoms with Gasteiger partial charge in [0.2, 0.25) is 15.9 Å². The van der Waals surface area contributed by atoms with Crippen molar-refractivity contribution in [2.24, 2.45) is 5.14 Å². The minimum Gasteiger partial charge on any atom is -0.325 e. The SMILES string of the molecule is CCc1cc2c(=O)n(CC)c(SCC(=O)Nc3ccc(S(N)(=O)=O)cc3)nc2s1. The average molecular weight is 453 g/mol. The van der Waals surface area contributed by atoms with Crippen LogP contribution in [0.3, 0.4) is 0 Å². The third kappa shape index (κ3) is 4.86. The summed E-state index contributed by atoms with van der Waals surface area (Å²) in [5, 5.41) is 8.85. The molecule has 0 atom stereocenters. The molecular weight excluding hydrogens is 432 g/mol. The summed E-state index contributed by atoms with van der Waals surface area (Å²) < 4.78 is 24.1. The number of fused-ring (bicyclic) bond motifs is 1. The number of nitrogens with one attached hydrogen (secondary N) is 1. The highest BCUT2D eigenvalue weighted by Gasteiger charge is 2.15. The number of nitrogens with zero attached hydrogens (tertiary/aromatic N) is 2. The molecule has 11 heteroatoms. The zero-order chi connectivity index (χ0) is 21.2. The van der Waals surface area contributed by atoms with Crippen LogP contribution in [0.2, 0.25) is 0 Å². The lowest BCUT2D eigenvalue weighted by molar-refractivity contribution is -0.113. The summed E-state index contributed by atoms with van der Waals surface area (Å²) >= 11 is 2.67. The number of benzene rings is 1. The van der Waals surface area contributed by atoms with Crippen LogP contribution in [0.5, 0.6) is 0 Å². The van der Waals surface area contributed by atoms with Gasteiger partial charge in [0.05, 0.1) is 16.0 Å². The predicted molar refractivity (Wildman–Crippen MR) is 116 cm³/mol. The molecule has 154 valence electrons. The highest BCUT2D eigenvalue weighted by Crippen LogP contribution is 2.25. The topological polar surface area (TPSA) is 124 Å². The van der Waals surface area contributed by atoms with E-state index in [4.69, 9.17) is 5.14 Å². The largest absolute Gasteiger partial charge is 0.325 e. The number of aromatic nitrogens is 2. The third-order valence-corrected chi connectivity index (χ3v) is 7.21. The normalized spacial score (nSPS) is 11.7. The van der Waals surface area contributed by atoms with Crippen molar-refractivity contribution in [3.05, 3.63) is 45.6 Å². The van der Waals surface area contributed by atoms with E-state index < -0.39 is 10.0 Å². The summed E-state index contributed by atoms with van der Waals surface area (Å²) in [5.74, 6) is -0.239. The van der Waals surface area contributed by atoms with Gasteiger partial charge in [-0.25, -0.2) is 18.5 Å². The molecule has 29 heavy (non-hydrogen) atoms. The number of anilines is 1. The van der Waals surface area contributed by atoms with Crippen LogP contribution in [0.25, 0.3) is 10.2 Å². The Morgan fingerprint density at radius 3 is 2.55 bits per heavy atom. The van der Waals surface area contributed by atoms with Gasteiger partial charge in [-0.2, -0.15) is 0 Å². The van der Waals surface area contributed by atoms with Crippen LogP contribution in [-0.4, -0.2) is 29.6 Å². The molecule has 8 nitrogen and oxygen atoms in total. The number of thioether (sulfide) groups is 1. The molecule has 0 saturated carbocycles. The van der Waals surface area contributed by atoms with Gasteiger partial charge in [-0.15, -0.1) is 11.3 Å². The average Bonchev–Trinajstić information content (AvgIpc) is 3.10. The molecule has 1 amide bonds. The van der Waals surface area contributed by atoms with Crippen LogP contribution < -0.4 is 16.0 Å². The Balaban J connectivity index is 1.74. The Bertz CT molecular complexity index is 1210. The molecule has 0 aliphatic carbocycles. The number of aryl methyl sites for hydroxylation is 1. The Hall–Kier alpha value is -2.21. The first-order chi connectivity index (χ1) is 13.7. The van der Waals surface area contributed by atoms with E-state index in [1.54, 1.807) is 4.57 Å². The molecule has 0 spiro atoms. The molecule has 0 fully saturated rings. The molecule has 2 aromatic heterocycles. The lowest BCUT2D eigenvalue weighted by Gasteiger charge is -2.10. The number of thiophene rings is 1. The van der Waals surface area contributed by atoms with Gasteiger partial charge in [0.15, 0.2) is 5.16 Å². The van der Waals surface area contributed by atoms with Crippen molar-refractivity contribution in [2.45, 2.75) is 36.9 Å². The van der Waals surface area contributed by atoms with Gasteiger partial charge in [-0.1, -0.05) is 18.7 Å².